The summed E-state index contributed by atoms with van der Waals surface area (Å²) >= 11 is 0. The van der Waals surface area contributed by atoms with E-state index >= 15 is 0 Å². The Morgan fingerprint density at radius 3 is 2.46 bits per heavy atom. The van der Waals surface area contributed by atoms with Crippen molar-refractivity contribution in [3.05, 3.63) is 109 Å². The number of anilines is 2. The van der Waals surface area contributed by atoms with Crippen molar-refractivity contribution in [1.29, 1.82) is 0 Å². The molecule has 1 saturated heterocycles. The highest BCUT2D eigenvalue weighted by Crippen LogP contribution is 2.35. The van der Waals surface area contributed by atoms with Crippen LogP contribution in [0.1, 0.15) is 21.7 Å². The van der Waals surface area contributed by atoms with E-state index in [1.165, 1.54) is 16.9 Å². The zero-order valence-electron chi connectivity index (χ0n) is 22.6. The van der Waals surface area contributed by atoms with Gasteiger partial charge in [-0.05, 0) is 54.8 Å². The highest BCUT2D eigenvalue weighted by atomic mass is 32.2. The zero-order chi connectivity index (χ0) is 28.4. The second kappa shape index (κ2) is 11.1. The molecular formula is C31H30N4O5S. The van der Waals surface area contributed by atoms with E-state index in [9.17, 15) is 13.2 Å². The molecule has 1 amide bonds. The average Bonchev–Trinajstić information content (AvgIpc) is 3.68. The maximum Gasteiger partial charge on any atom is 0.291 e. The summed E-state index contributed by atoms with van der Waals surface area (Å²) in [6, 6.07) is 22.4. The van der Waals surface area contributed by atoms with Crippen molar-refractivity contribution in [2.75, 3.05) is 41.9 Å². The lowest BCUT2D eigenvalue weighted by molar-refractivity contribution is 0.0714. The Hall–Kier alpha value is -4.57. The molecule has 0 aliphatic carbocycles. The van der Waals surface area contributed by atoms with Crippen molar-refractivity contribution in [1.82, 2.24) is 9.88 Å². The van der Waals surface area contributed by atoms with Gasteiger partial charge in [-0.15, -0.1) is 0 Å². The van der Waals surface area contributed by atoms with E-state index in [4.69, 9.17) is 8.83 Å². The molecule has 9 nitrogen and oxygen atoms in total. The van der Waals surface area contributed by atoms with Crippen LogP contribution in [0.4, 0.5) is 11.4 Å². The second-order valence-corrected chi connectivity index (χ2v) is 11.9. The number of carbonyl (C=O) groups is 1. The molecule has 6 rings (SSSR count). The number of aromatic nitrogens is 1. The average molecular weight is 571 g/mol. The smallest absolute Gasteiger partial charge is 0.291 e. The Kier molecular flexibility index (Phi) is 7.23. The summed E-state index contributed by atoms with van der Waals surface area (Å²) < 4.78 is 41.0. The number of fused-ring (bicyclic) bond motifs is 1. The third-order valence-electron chi connectivity index (χ3n) is 7.47. The lowest BCUT2D eigenvalue weighted by Gasteiger charge is -2.38. The number of rotatable bonds is 8. The van der Waals surface area contributed by atoms with Crippen LogP contribution in [-0.2, 0) is 16.4 Å². The quantitative estimate of drug-likeness (QED) is 0.255. The minimum atomic E-state index is -3.94. The van der Waals surface area contributed by atoms with Gasteiger partial charge in [0.2, 0.25) is 5.76 Å². The summed E-state index contributed by atoms with van der Waals surface area (Å²) in [6.45, 7) is 4.20. The molecule has 10 heteroatoms. The summed E-state index contributed by atoms with van der Waals surface area (Å²) in [7, 11) is -3.94. The monoisotopic (exact) mass is 570 g/mol. The van der Waals surface area contributed by atoms with Gasteiger partial charge in [0.1, 0.15) is 5.58 Å². The molecule has 0 radical (unpaired) electrons. The standard InChI is InChI=1S/C31H30N4O5S/c1-23-21-39-29-12-11-25(19-26(23)29)41(37,38)35(14-13-24-7-3-2-4-8-24)28-10-6-5-9-27(28)33-15-17-34(18-16-33)31(36)30-20-32-22-40-30/h2-12,19-22H,13-18H2,1H3. The fourth-order valence-corrected chi connectivity index (χ4v) is 6.74. The van der Waals surface area contributed by atoms with Crippen LogP contribution < -0.4 is 9.21 Å². The Balaban J connectivity index is 1.33. The number of piperazine rings is 1. The first-order valence-corrected chi connectivity index (χ1v) is 14.9. The Morgan fingerprint density at radius 2 is 1.71 bits per heavy atom. The van der Waals surface area contributed by atoms with Gasteiger partial charge in [0.15, 0.2) is 6.39 Å². The van der Waals surface area contributed by atoms with E-state index in [1.807, 2.05) is 61.5 Å². The molecular weight excluding hydrogens is 540 g/mol. The molecule has 0 unspecified atom stereocenters. The third kappa shape index (κ3) is 5.30. The van der Waals surface area contributed by atoms with Crippen molar-refractivity contribution in [3.63, 3.8) is 0 Å². The minimum Gasteiger partial charge on any atom is -0.464 e. The lowest BCUT2D eigenvalue weighted by Crippen LogP contribution is -2.49. The van der Waals surface area contributed by atoms with Gasteiger partial charge in [0.05, 0.1) is 28.7 Å². The summed E-state index contributed by atoms with van der Waals surface area (Å²) in [5.74, 6) is 0.00860. The van der Waals surface area contributed by atoms with E-state index in [-0.39, 0.29) is 23.1 Å². The van der Waals surface area contributed by atoms with E-state index in [0.717, 1.165) is 22.2 Å². The van der Waals surface area contributed by atoms with Crippen LogP contribution in [0.15, 0.2) is 105 Å². The summed E-state index contributed by atoms with van der Waals surface area (Å²) in [4.78, 5) is 20.7. The molecule has 0 atom stereocenters. The number of aryl methyl sites for hydroxylation is 1. The minimum absolute atomic E-state index is 0.201. The number of hydrogen-bond donors (Lipinski definition) is 0. The molecule has 0 bridgehead atoms. The number of hydrogen-bond acceptors (Lipinski definition) is 7. The molecule has 3 heterocycles. The maximum atomic E-state index is 14.3. The SMILES string of the molecule is Cc1coc2ccc(S(=O)(=O)N(CCc3ccccc3)c3ccccc3N3CCN(C(=O)c4cnco4)CC3)cc12. The normalized spacial score (nSPS) is 14.0. The third-order valence-corrected chi connectivity index (χ3v) is 9.28. The predicted molar refractivity (Wildman–Crippen MR) is 157 cm³/mol. The molecule has 2 aromatic heterocycles. The van der Waals surface area contributed by atoms with E-state index in [2.05, 4.69) is 9.88 Å². The van der Waals surface area contributed by atoms with Gasteiger partial charge in [0, 0.05) is 38.1 Å². The first kappa shape index (κ1) is 26.6. The van der Waals surface area contributed by atoms with Crippen LogP contribution in [0.5, 0.6) is 0 Å². The number of para-hydroxylation sites is 2. The number of furan rings is 1. The molecule has 0 N–H and O–H groups in total. The van der Waals surface area contributed by atoms with Crippen molar-refractivity contribution >= 4 is 38.3 Å². The Morgan fingerprint density at radius 1 is 0.951 bits per heavy atom. The lowest BCUT2D eigenvalue weighted by atomic mass is 10.1. The molecule has 5 aromatic rings. The van der Waals surface area contributed by atoms with Crippen LogP contribution in [0.3, 0.4) is 0 Å². The first-order chi connectivity index (χ1) is 19.9. The number of carbonyl (C=O) groups excluding carboxylic acids is 1. The van der Waals surface area contributed by atoms with E-state index < -0.39 is 10.0 Å². The first-order valence-electron chi connectivity index (χ1n) is 13.5. The number of sulfonamides is 1. The second-order valence-electron chi connectivity index (χ2n) is 10.0. The Bertz CT molecular complexity index is 1760. The van der Waals surface area contributed by atoms with Gasteiger partial charge in [-0.2, -0.15) is 0 Å². The summed E-state index contributed by atoms with van der Waals surface area (Å²) in [5.41, 5.74) is 3.98. The fourth-order valence-electron chi connectivity index (χ4n) is 5.24. The number of benzene rings is 3. The molecule has 41 heavy (non-hydrogen) atoms. The Labute approximate surface area is 238 Å². The molecule has 0 spiro atoms. The topological polar surface area (TPSA) is 100 Å². The predicted octanol–water partition coefficient (Wildman–Crippen LogP) is 5.13. The van der Waals surface area contributed by atoms with Crippen LogP contribution >= 0.6 is 0 Å². The van der Waals surface area contributed by atoms with Crippen LogP contribution in [0.25, 0.3) is 11.0 Å². The van der Waals surface area contributed by atoms with E-state index in [1.54, 1.807) is 29.4 Å². The van der Waals surface area contributed by atoms with Gasteiger partial charge >= 0.3 is 0 Å². The van der Waals surface area contributed by atoms with Crippen molar-refractivity contribution < 1.29 is 22.0 Å². The van der Waals surface area contributed by atoms with Crippen LogP contribution in [0, 0.1) is 6.92 Å². The molecule has 0 saturated carbocycles. The van der Waals surface area contributed by atoms with Gasteiger partial charge < -0.3 is 18.6 Å². The van der Waals surface area contributed by atoms with Crippen molar-refractivity contribution in [3.8, 4) is 0 Å². The van der Waals surface area contributed by atoms with Crippen LogP contribution in [-0.4, -0.2) is 56.9 Å². The highest BCUT2D eigenvalue weighted by Gasteiger charge is 2.30. The molecule has 3 aromatic carbocycles. The summed E-state index contributed by atoms with van der Waals surface area (Å²) in [5, 5.41) is 0.773. The van der Waals surface area contributed by atoms with Gasteiger partial charge in [-0.25, -0.2) is 13.4 Å². The van der Waals surface area contributed by atoms with Crippen LogP contribution in [0.2, 0.25) is 0 Å². The highest BCUT2D eigenvalue weighted by molar-refractivity contribution is 7.92. The van der Waals surface area contributed by atoms with E-state index in [0.29, 0.717) is 43.9 Å². The molecule has 1 aliphatic heterocycles. The van der Waals surface area contributed by atoms with Gasteiger partial charge in [-0.1, -0.05) is 42.5 Å². The molecule has 1 fully saturated rings. The zero-order valence-corrected chi connectivity index (χ0v) is 23.5. The van der Waals surface area contributed by atoms with Crippen molar-refractivity contribution in [2.45, 2.75) is 18.2 Å². The summed E-state index contributed by atoms with van der Waals surface area (Å²) in [6.07, 6.45) is 4.84. The molecule has 210 valence electrons. The largest absolute Gasteiger partial charge is 0.464 e. The number of amides is 1. The van der Waals surface area contributed by atoms with Gasteiger partial charge in [-0.3, -0.25) is 9.10 Å². The maximum absolute atomic E-state index is 14.3. The van der Waals surface area contributed by atoms with Crippen molar-refractivity contribution in [2.24, 2.45) is 0 Å². The number of nitrogens with zero attached hydrogens (tertiary/aromatic N) is 4. The fraction of sp³-hybridized carbons (Fsp3) is 0.226. The number of oxazole rings is 1. The molecule has 1 aliphatic rings. The van der Waals surface area contributed by atoms with Gasteiger partial charge in [0.25, 0.3) is 15.9 Å².